The van der Waals surface area contributed by atoms with Crippen molar-refractivity contribution in [3.05, 3.63) is 0 Å². The highest BCUT2D eigenvalue weighted by Gasteiger charge is 2.25. The van der Waals surface area contributed by atoms with Gasteiger partial charge in [0.05, 0.1) is 17.8 Å². The number of nitrogens with zero attached hydrogens (tertiary/aromatic N) is 2. The van der Waals surface area contributed by atoms with Crippen LogP contribution >= 0.6 is 0 Å². The zero-order valence-electron chi connectivity index (χ0n) is 6.13. The van der Waals surface area contributed by atoms with Crippen molar-refractivity contribution in [2.24, 2.45) is 10.8 Å². The maximum atomic E-state index is 5.74. The highest BCUT2D eigenvalue weighted by molar-refractivity contribution is 5.88. The third kappa shape index (κ3) is 0.920. The van der Waals surface area contributed by atoms with Crippen LogP contribution < -0.4 is 5.73 Å². The summed E-state index contributed by atoms with van der Waals surface area (Å²) in [6, 6.07) is 0.500. The molecule has 0 saturated carbocycles. The maximum Gasteiger partial charge on any atom is 0.0666 e. The Morgan fingerprint density at radius 2 is 2.22 bits per heavy atom. The summed E-state index contributed by atoms with van der Waals surface area (Å²) in [7, 11) is 1.95. The van der Waals surface area contributed by atoms with E-state index in [9.17, 15) is 0 Å². The molecule has 0 amide bonds. The smallest absolute Gasteiger partial charge is 0.0666 e. The van der Waals surface area contributed by atoms with Crippen molar-refractivity contribution in [3.63, 3.8) is 0 Å². The molecular formula is C6H13N3. The fraction of sp³-hybridized carbons (Fsp3) is 0.833. The van der Waals surface area contributed by atoms with E-state index in [0.717, 1.165) is 5.71 Å². The molecule has 0 spiro atoms. The molecule has 3 nitrogen and oxygen atoms in total. The van der Waals surface area contributed by atoms with Crippen molar-refractivity contribution in [1.29, 1.82) is 0 Å². The monoisotopic (exact) mass is 127 g/mol. The van der Waals surface area contributed by atoms with Crippen molar-refractivity contribution in [3.8, 4) is 0 Å². The van der Waals surface area contributed by atoms with Gasteiger partial charge in [0.15, 0.2) is 0 Å². The molecular weight excluding hydrogens is 114 g/mol. The van der Waals surface area contributed by atoms with E-state index in [4.69, 9.17) is 5.73 Å². The normalized spacial score (nSPS) is 35.1. The van der Waals surface area contributed by atoms with Gasteiger partial charge in [0.2, 0.25) is 0 Å². The van der Waals surface area contributed by atoms with Gasteiger partial charge in [-0.2, -0.15) is 5.10 Å². The molecule has 1 aliphatic heterocycles. The van der Waals surface area contributed by atoms with Crippen molar-refractivity contribution < 1.29 is 0 Å². The van der Waals surface area contributed by atoms with Gasteiger partial charge in [0, 0.05) is 7.05 Å². The molecule has 2 unspecified atom stereocenters. The van der Waals surface area contributed by atoms with Crippen LogP contribution in [0.1, 0.15) is 13.8 Å². The van der Waals surface area contributed by atoms with Crippen molar-refractivity contribution in [2.45, 2.75) is 25.9 Å². The van der Waals surface area contributed by atoms with E-state index in [2.05, 4.69) is 12.0 Å². The number of hydrogen-bond acceptors (Lipinski definition) is 3. The summed E-state index contributed by atoms with van der Waals surface area (Å²) in [5, 5.41) is 6.08. The second-order valence-electron chi connectivity index (χ2n) is 2.58. The predicted octanol–water partition coefficient (Wildman–Crippen LogP) is 0.0235. The SMILES string of the molecule is CC1=NN(C)C(C)C1N. The topological polar surface area (TPSA) is 41.6 Å². The fourth-order valence-electron chi connectivity index (χ4n) is 0.988. The molecule has 2 N–H and O–H groups in total. The van der Waals surface area contributed by atoms with Crippen LogP contribution in [0.15, 0.2) is 5.10 Å². The molecule has 9 heavy (non-hydrogen) atoms. The molecule has 0 fully saturated rings. The van der Waals surface area contributed by atoms with E-state index in [1.807, 2.05) is 19.0 Å². The Kier molecular flexibility index (Phi) is 1.45. The van der Waals surface area contributed by atoms with Gasteiger partial charge in [0.1, 0.15) is 0 Å². The summed E-state index contributed by atoms with van der Waals surface area (Å²) in [5.41, 5.74) is 6.77. The van der Waals surface area contributed by atoms with Crippen molar-refractivity contribution >= 4 is 5.71 Å². The Morgan fingerprint density at radius 1 is 1.67 bits per heavy atom. The summed E-state index contributed by atoms with van der Waals surface area (Å²) in [6.45, 7) is 4.04. The van der Waals surface area contributed by atoms with Crippen molar-refractivity contribution in [1.82, 2.24) is 5.01 Å². The highest BCUT2D eigenvalue weighted by atomic mass is 15.5. The molecule has 0 aromatic rings. The largest absolute Gasteiger partial charge is 0.321 e. The lowest BCUT2D eigenvalue weighted by Crippen LogP contribution is -2.39. The van der Waals surface area contributed by atoms with Crippen LogP contribution in [0.2, 0.25) is 0 Å². The van der Waals surface area contributed by atoms with Gasteiger partial charge in [0.25, 0.3) is 0 Å². The second-order valence-corrected chi connectivity index (χ2v) is 2.58. The first-order chi connectivity index (χ1) is 4.13. The van der Waals surface area contributed by atoms with Crippen LogP contribution in [-0.2, 0) is 0 Å². The number of nitrogens with two attached hydrogens (primary N) is 1. The van der Waals surface area contributed by atoms with Crippen LogP contribution in [0, 0.1) is 0 Å². The van der Waals surface area contributed by atoms with E-state index in [1.165, 1.54) is 0 Å². The minimum Gasteiger partial charge on any atom is -0.321 e. The summed E-state index contributed by atoms with van der Waals surface area (Å²) in [5.74, 6) is 0. The Bertz CT molecular complexity index is 141. The van der Waals surface area contributed by atoms with Gasteiger partial charge in [-0.05, 0) is 13.8 Å². The number of likely N-dealkylation sites (N-methyl/N-ethyl adjacent to an activating group) is 1. The van der Waals surface area contributed by atoms with E-state index >= 15 is 0 Å². The average Bonchev–Trinajstić information content (AvgIpc) is 1.98. The highest BCUT2D eigenvalue weighted by Crippen LogP contribution is 2.10. The molecule has 52 valence electrons. The summed E-state index contributed by atoms with van der Waals surface area (Å²) >= 11 is 0. The maximum absolute atomic E-state index is 5.74. The Hall–Kier alpha value is -0.570. The number of hydrazone groups is 1. The van der Waals surface area contributed by atoms with Crippen LogP contribution in [0.4, 0.5) is 0 Å². The molecule has 0 aliphatic carbocycles. The predicted molar refractivity (Wildman–Crippen MR) is 38.3 cm³/mol. The molecule has 0 radical (unpaired) electrons. The second kappa shape index (κ2) is 1.99. The Balaban J connectivity index is 2.70. The first-order valence-corrected chi connectivity index (χ1v) is 3.16. The zero-order chi connectivity index (χ0) is 7.02. The quantitative estimate of drug-likeness (QED) is 0.498. The summed E-state index contributed by atoms with van der Waals surface area (Å²) in [4.78, 5) is 0. The van der Waals surface area contributed by atoms with Crippen LogP contribution in [-0.4, -0.2) is 29.9 Å². The molecule has 1 heterocycles. The third-order valence-electron chi connectivity index (χ3n) is 1.91. The third-order valence-corrected chi connectivity index (χ3v) is 1.91. The van der Waals surface area contributed by atoms with Gasteiger partial charge >= 0.3 is 0 Å². The van der Waals surface area contributed by atoms with Gasteiger partial charge in [-0.3, -0.25) is 5.01 Å². The molecule has 1 rings (SSSR count). The lowest BCUT2D eigenvalue weighted by molar-refractivity contribution is 0.289. The number of hydrogen-bond donors (Lipinski definition) is 1. The van der Waals surface area contributed by atoms with Crippen LogP contribution in [0.3, 0.4) is 0 Å². The first kappa shape index (κ1) is 6.55. The first-order valence-electron chi connectivity index (χ1n) is 3.16. The van der Waals surface area contributed by atoms with Crippen molar-refractivity contribution in [2.75, 3.05) is 7.05 Å². The van der Waals surface area contributed by atoms with Gasteiger partial charge in [-0.25, -0.2) is 0 Å². The van der Waals surface area contributed by atoms with Gasteiger partial charge in [-0.1, -0.05) is 0 Å². The zero-order valence-corrected chi connectivity index (χ0v) is 6.13. The minimum absolute atomic E-state index is 0.134. The average molecular weight is 127 g/mol. The minimum atomic E-state index is 0.134. The lowest BCUT2D eigenvalue weighted by Gasteiger charge is -2.16. The number of rotatable bonds is 0. The molecule has 2 atom stereocenters. The van der Waals surface area contributed by atoms with Crippen LogP contribution in [0.25, 0.3) is 0 Å². The molecule has 1 aliphatic rings. The van der Waals surface area contributed by atoms with E-state index in [-0.39, 0.29) is 6.04 Å². The van der Waals surface area contributed by atoms with Gasteiger partial charge < -0.3 is 5.73 Å². The Labute approximate surface area is 55.5 Å². The van der Waals surface area contributed by atoms with Crippen LogP contribution in [0.5, 0.6) is 0 Å². The van der Waals surface area contributed by atoms with E-state index in [0.29, 0.717) is 6.04 Å². The fourth-order valence-corrected chi connectivity index (χ4v) is 0.988. The molecule has 0 aromatic heterocycles. The van der Waals surface area contributed by atoms with E-state index < -0.39 is 0 Å². The Morgan fingerprint density at radius 3 is 2.33 bits per heavy atom. The summed E-state index contributed by atoms with van der Waals surface area (Å²) in [6.07, 6.45) is 0. The molecule has 0 saturated heterocycles. The molecule has 0 bridgehead atoms. The van der Waals surface area contributed by atoms with Gasteiger partial charge in [-0.15, -0.1) is 0 Å². The lowest BCUT2D eigenvalue weighted by atomic mass is 10.1. The standard InChI is InChI=1S/C6H13N3/c1-4-6(7)5(2)9(3)8-4/h5-6H,7H2,1-3H3. The summed E-state index contributed by atoms with van der Waals surface area (Å²) < 4.78 is 0. The molecule has 3 heteroatoms. The van der Waals surface area contributed by atoms with E-state index in [1.54, 1.807) is 0 Å². The molecule has 0 aromatic carbocycles.